The zero-order chi connectivity index (χ0) is 16.2. The third kappa shape index (κ3) is 3.74. The highest BCUT2D eigenvalue weighted by Crippen LogP contribution is 2.28. The summed E-state index contributed by atoms with van der Waals surface area (Å²) in [7, 11) is 1.66. The van der Waals surface area contributed by atoms with Crippen LogP contribution >= 0.6 is 11.3 Å². The van der Waals surface area contributed by atoms with Crippen LogP contribution in [0.2, 0.25) is 0 Å². The SMILES string of the molecule is COc1ccc([C@H]2CN(C(=O)CCc3ccsc3)C[C@@H]2N)cc1. The lowest BCUT2D eigenvalue weighted by Gasteiger charge is -2.16. The Morgan fingerprint density at radius 2 is 2.09 bits per heavy atom. The second kappa shape index (κ2) is 7.15. The monoisotopic (exact) mass is 330 g/mol. The van der Waals surface area contributed by atoms with Gasteiger partial charge in [-0.3, -0.25) is 4.79 Å². The molecule has 122 valence electrons. The lowest BCUT2D eigenvalue weighted by atomic mass is 9.95. The summed E-state index contributed by atoms with van der Waals surface area (Å²) in [5, 5.41) is 4.15. The van der Waals surface area contributed by atoms with Gasteiger partial charge in [0, 0.05) is 31.5 Å². The molecule has 4 nitrogen and oxygen atoms in total. The number of nitrogens with two attached hydrogens (primary N) is 1. The summed E-state index contributed by atoms with van der Waals surface area (Å²) in [6, 6.07) is 10.1. The maximum Gasteiger partial charge on any atom is 0.222 e. The van der Waals surface area contributed by atoms with Gasteiger partial charge in [-0.1, -0.05) is 12.1 Å². The highest BCUT2D eigenvalue weighted by Gasteiger charge is 2.33. The van der Waals surface area contributed by atoms with Gasteiger partial charge in [0.15, 0.2) is 0 Å². The fourth-order valence-electron chi connectivity index (χ4n) is 3.08. The zero-order valence-electron chi connectivity index (χ0n) is 13.3. The largest absolute Gasteiger partial charge is 0.497 e. The topological polar surface area (TPSA) is 55.6 Å². The van der Waals surface area contributed by atoms with E-state index in [2.05, 4.69) is 11.4 Å². The van der Waals surface area contributed by atoms with Crippen LogP contribution in [0.3, 0.4) is 0 Å². The maximum absolute atomic E-state index is 12.4. The number of hydrogen-bond donors (Lipinski definition) is 1. The quantitative estimate of drug-likeness (QED) is 0.917. The molecular weight excluding hydrogens is 308 g/mol. The van der Waals surface area contributed by atoms with Gasteiger partial charge in [-0.25, -0.2) is 0 Å². The van der Waals surface area contributed by atoms with Crippen molar-refractivity contribution in [3.8, 4) is 5.75 Å². The van der Waals surface area contributed by atoms with Gasteiger partial charge in [0.25, 0.3) is 0 Å². The Kier molecular flexibility index (Phi) is 4.98. The van der Waals surface area contributed by atoms with E-state index in [1.807, 2.05) is 34.5 Å². The van der Waals surface area contributed by atoms with E-state index < -0.39 is 0 Å². The Labute approximate surface area is 140 Å². The van der Waals surface area contributed by atoms with E-state index in [0.29, 0.717) is 19.5 Å². The summed E-state index contributed by atoms with van der Waals surface area (Å²) in [6.45, 7) is 1.34. The number of aryl methyl sites for hydroxylation is 1. The van der Waals surface area contributed by atoms with Crippen LogP contribution in [0.1, 0.15) is 23.5 Å². The normalized spacial score (nSPS) is 20.7. The Morgan fingerprint density at radius 1 is 1.30 bits per heavy atom. The van der Waals surface area contributed by atoms with Crippen molar-refractivity contribution in [3.63, 3.8) is 0 Å². The van der Waals surface area contributed by atoms with Gasteiger partial charge >= 0.3 is 0 Å². The highest BCUT2D eigenvalue weighted by atomic mass is 32.1. The average molecular weight is 330 g/mol. The summed E-state index contributed by atoms with van der Waals surface area (Å²) >= 11 is 1.67. The second-order valence-electron chi connectivity index (χ2n) is 5.97. The molecule has 3 rings (SSSR count). The van der Waals surface area contributed by atoms with Gasteiger partial charge in [0.2, 0.25) is 5.91 Å². The van der Waals surface area contributed by atoms with E-state index in [0.717, 1.165) is 12.2 Å². The molecule has 0 unspecified atom stereocenters. The number of carbonyl (C=O) groups is 1. The number of amides is 1. The molecule has 2 heterocycles. The van der Waals surface area contributed by atoms with Crippen molar-refractivity contribution in [2.24, 2.45) is 5.73 Å². The number of hydrogen-bond acceptors (Lipinski definition) is 4. The lowest BCUT2D eigenvalue weighted by Crippen LogP contribution is -2.32. The molecule has 0 bridgehead atoms. The van der Waals surface area contributed by atoms with Crippen molar-refractivity contribution < 1.29 is 9.53 Å². The summed E-state index contributed by atoms with van der Waals surface area (Å²) in [4.78, 5) is 14.3. The van der Waals surface area contributed by atoms with Gasteiger partial charge < -0.3 is 15.4 Å². The van der Waals surface area contributed by atoms with Crippen molar-refractivity contribution in [1.82, 2.24) is 4.90 Å². The first-order chi connectivity index (χ1) is 11.2. The first-order valence-corrected chi connectivity index (χ1v) is 8.80. The number of benzene rings is 1. The number of nitrogens with zero attached hydrogens (tertiary/aromatic N) is 1. The Hall–Kier alpha value is -1.85. The van der Waals surface area contributed by atoms with Gasteiger partial charge in [-0.15, -0.1) is 0 Å². The van der Waals surface area contributed by atoms with E-state index in [4.69, 9.17) is 10.5 Å². The molecule has 0 saturated carbocycles. The summed E-state index contributed by atoms with van der Waals surface area (Å²) in [6.07, 6.45) is 1.36. The Bertz CT molecular complexity index is 640. The molecule has 1 aromatic heterocycles. The van der Waals surface area contributed by atoms with E-state index >= 15 is 0 Å². The third-order valence-electron chi connectivity index (χ3n) is 4.47. The number of ether oxygens (including phenoxy) is 1. The molecule has 1 aliphatic rings. The average Bonchev–Trinajstić information content (AvgIpc) is 3.22. The van der Waals surface area contributed by atoms with E-state index in [9.17, 15) is 4.79 Å². The molecule has 1 amide bonds. The lowest BCUT2D eigenvalue weighted by molar-refractivity contribution is -0.130. The van der Waals surface area contributed by atoms with Crippen LogP contribution < -0.4 is 10.5 Å². The molecule has 0 radical (unpaired) electrons. The minimum Gasteiger partial charge on any atom is -0.497 e. The highest BCUT2D eigenvalue weighted by molar-refractivity contribution is 7.07. The van der Waals surface area contributed by atoms with Gasteiger partial charge in [0.1, 0.15) is 5.75 Å². The molecule has 1 aromatic carbocycles. The molecular formula is C18H22N2O2S. The molecule has 1 fully saturated rings. The van der Waals surface area contributed by atoms with Gasteiger partial charge in [-0.05, 0) is 46.5 Å². The standard InChI is InChI=1S/C18H22N2O2S/c1-22-15-5-3-14(4-6-15)16-10-20(11-17(16)19)18(21)7-2-13-8-9-23-12-13/h3-6,8-9,12,16-17H,2,7,10-11,19H2,1H3/t16-,17+/m1/s1. The minimum atomic E-state index is -0.00603. The molecule has 2 aromatic rings. The Morgan fingerprint density at radius 3 is 2.74 bits per heavy atom. The summed E-state index contributed by atoms with van der Waals surface area (Å²) in [5.74, 6) is 1.23. The van der Waals surface area contributed by atoms with Crippen LogP contribution in [0.5, 0.6) is 5.75 Å². The molecule has 2 N–H and O–H groups in total. The van der Waals surface area contributed by atoms with Crippen LogP contribution in [0.25, 0.3) is 0 Å². The number of carbonyl (C=O) groups excluding carboxylic acids is 1. The van der Waals surface area contributed by atoms with Crippen molar-refractivity contribution in [2.45, 2.75) is 24.8 Å². The molecule has 2 atom stereocenters. The number of methoxy groups -OCH3 is 1. The summed E-state index contributed by atoms with van der Waals surface area (Å²) in [5.41, 5.74) is 8.68. The number of likely N-dealkylation sites (tertiary alicyclic amines) is 1. The third-order valence-corrected chi connectivity index (χ3v) is 5.20. The number of thiophene rings is 1. The molecule has 1 aliphatic heterocycles. The molecule has 0 aliphatic carbocycles. The van der Waals surface area contributed by atoms with E-state index in [-0.39, 0.29) is 17.9 Å². The van der Waals surface area contributed by atoms with E-state index in [1.54, 1.807) is 18.4 Å². The maximum atomic E-state index is 12.4. The van der Waals surface area contributed by atoms with Crippen LogP contribution in [0.15, 0.2) is 41.1 Å². The fraction of sp³-hybridized carbons (Fsp3) is 0.389. The van der Waals surface area contributed by atoms with Crippen molar-refractivity contribution >= 4 is 17.2 Å². The van der Waals surface area contributed by atoms with Crippen LogP contribution in [0.4, 0.5) is 0 Å². The van der Waals surface area contributed by atoms with Gasteiger partial charge in [-0.2, -0.15) is 11.3 Å². The summed E-state index contributed by atoms with van der Waals surface area (Å²) < 4.78 is 5.19. The number of rotatable bonds is 5. The fourth-order valence-corrected chi connectivity index (χ4v) is 3.78. The van der Waals surface area contributed by atoms with Crippen molar-refractivity contribution in [2.75, 3.05) is 20.2 Å². The van der Waals surface area contributed by atoms with E-state index in [1.165, 1.54) is 11.1 Å². The molecule has 23 heavy (non-hydrogen) atoms. The van der Waals surface area contributed by atoms with Crippen molar-refractivity contribution in [1.29, 1.82) is 0 Å². The second-order valence-corrected chi connectivity index (χ2v) is 6.75. The van der Waals surface area contributed by atoms with Crippen LogP contribution in [0, 0.1) is 0 Å². The van der Waals surface area contributed by atoms with Crippen molar-refractivity contribution in [3.05, 3.63) is 52.2 Å². The predicted molar refractivity (Wildman–Crippen MR) is 92.9 cm³/mol. The molecule has 0 spiro atoms. The molecule has 1 saturated heterocycles. The first kappa shape index (κ1) is 16.0. The van der Waals surface area contributed by atoms with Gasteiger partial charge in [0.05, 0.1) is 7.11 Å². The zero-order valence-corrected chi connectivity index (χ0v) is 14.1. The smallest absolute Gasteiger partial charge is 0.222 e. The van der Waals surface area contributed by atoms with Crippen LogP contribution in [-0.4, -0.2) is 37.0 Å². The Balaban J connectivity index is 1.59. The van der Waals surface area contributed by atoms with Crippen LogP contribution in [-0.2, 0) is 11.2 Å². The predicted octanol–water partition coefficient (Wildman–Crippen LogP) is 2.64. The minimum absolute atomic E-state index is 0.00603. The molecule has 5 heteroatoms. The first-order valence-electron chi connectivity index (χ1n) is 7.85.